The minimum atomic E-state index is -0.762. The van der Waals surface area contributed by atoms with Gasteiger partial charge in [0.05, 0.1) is 17.9 Å². The van der Waals surface area contributed by atoms with Crippen molar-refractivity contribution in [2.45, 2.75) is 46.5 Å². The minimum Gasteiger partial charge on any atom is -0.493 e. The molecule has 0 bridgehead atoms. The summed E-state index contributed by atoms with van der Waals surface area (Å²) in [7, 11) is 0. The zero-order valence-corrected chi connectivity index (χ0v) is 19.5. The van der Waals surface area contributed by atoms with Crippen LogP contribution in [0, 0.1) is 13.8 Å². The van der Waals surface area contributed by atoms with Gasteiger partial charge in [0.15, 0.2) is 0 Å². The van der Waals surface area contributed by atoms with E-state index in [0.29, 0.717) is 16.3 Å². The summed E-state index contributed by atoms with van der Waals surface area (Å²) in [5, 5.41) is 11.3. The molecule has 4 rings (SSSR count). The van der Waals surface area contributed by atoms with Crippen molar-refractivity contribution in [2.75, 3.05) is 6.61 Å². The smallest absolute Gasteiger partial charge is 0.341 e. The van der Waals surface area contributed by atoms with Crippen molar-refractivity contribution in [3.63, 3.8) is 0 Å². The molecule has 0 fully saturated rings. The number of aromatic hydroxyl groups is 1. The van der Waals surface area contributed by atoms with Gasteiger partial charge in [0, 0.05) is 11.1 Å². The first-order valence-corrected chi connectivity index (χ1v) is 11.6. The fourth-order valence-corrected chi connectivity index (χ4v) is 5.24. The second-order valence-electron chi connectivity index (χ2n) is 7.99. The van der Waals surface area contributed by atoms with Gasteiger partial charge in [0.2, 0.25) is 5.88 Å². The van der Waals surface area contributed by atoms with Crippen LogP contribution >= 0.6 is 11.3 Å². The average Bonchev–Trinajstić information content (AvgIpc) is 3.14. The Kier molecular flexibility index (Phi) is 6.33. The molecule has 0 amide bonds. The SMILES string of the molecule is CCOC(=O)c1c(N=Cc2c(O)n(-c3cc(C)ccc3C)c(=O)[nH]c2=O)sc2c1CCCC2. The van der Waals surface area contributed by atoms with Crippen molar-refractivity contribution in [3.05, 3.63) is 71.7 Å². The third-order valence-electron chi connectivity index (χ3n) is 5.67. The number of benzene rings is 1. The summed E-state index contributed by atoms with van der Waals surface area (Å²) in [6, 6.07) is 5.48. The summed E-state index contributed by atoms with van der Waals surface area (Å²) in [5.41, 5.74) is 1.81. The van der Waals surface area contributed by atoms with E-state index in [0.717, 1.165) is 51.8 Å². The van der Waals surface area contributed by atoms with Crippen molar-refractivity contribution in [3.8, 4) is 11.6 Å². The van der Waals surface area contributed by atoms with Crippen molar-refractivity contribution in [1.29, 1.82) is 0 Å². The number of aromatic nitrogens is 2. The number of carbonyl (C=O) groups excluding carboxylic acids is 1. The van der Waals surface area contributed by atoms with Crippen LogP contribution in [0.15, 0.2) is 32.8 Å². The number of hydrogen-bond acceptors (Lipinski definition) is 7. The first kappa shape index (κ1) is 22.7. The molecule has 2 N–H and O–H groups in total. The molecule has 3 aromatic rings. The van der Waals surface area contributed by atoms with Crippen LogP contribution in [0.4, 0.5) is 5.00 Å². The number of fused-ring (bicyclic) bond motifs is 1. The lowest BCUT2D eigenvalue weighted by atomic mass is 9.95. The van der Waals surface area contributed by atoms with Crippen LogP contribution in [-0.2, 0) is 17.6 Å². The Bertz CT molecular complexity index is 1380. The summed E-state index contributed by atoms with van der Waals surface area (Å²) in [5.74, 6) is -0.956. The van der Waals surface area contributed by atoms with E-state index in [1.165, 1.54) is 17.6 Å². The molecule has 2 heterocycles. The van der Waals surface area contributed by atoms with E-state index in [1.54, 1.807) is 19.9 Å². The van der Waals surface area contributed by atoms with Gasteiger partial charge in [-0.1, -0.05) is 12.1 Å². The molecule has 172 valence electrons. The molecule has 0 unspecified atom stereocenters. The molecule has 2 aromatic heterocycles. The molecule has 1 aliphatic carbocycles. The Morgan fingerprint density at radius 2 is 2.03 bits per heavy atom. The molecular weight excluding hydrogens is 442 g/mol. The van der Waals surface area contributed by atoms with E-state index < -0.39 is 23.1 Å². The third-order valence-corrected chi connectivity index (χ3v) is 6.87. The lowest BCUT2D eigenvalue weighted by Gasteiger charge is -2.13. The summed E-state index contributed by atoms with van der Waals surface area (Å²) in [4.78, 5) is 45.5. The Balaban J connectivity index is 1.84. The fourth-order valence-electron chi connectivity index (χ4n) is 4.02. The van der Waals surface area contributed by atoms with Crippen LogP contribution in [0.25, 0.3) is 5.69 Å². The van der Waals surface area contributed by atoms with Gasteiger partial charge < -0.3 is 9.84 Å². The number of aliphatic imine (C=N–C) groups is 1. The highest BCUT2D eigenvalue weighted by molar-refractivity contribution is 7.16. The summed E-state index contributed by atoms with van der Waals surface area (Å²) >= 11 is 1.39. The molecule has 8 nitrogen and oxygen atoms in total. The average molecular weight is 468 g/mol. The molecule has 33 heavy (non-hydrogen) atoms. The maximum absolute atomic E-state index is 12.6. The lowest BCUT2D eigenvalue weighted by Crippen LogP contribution is -2.31. The standard InChI is InChI=1S/C24H25N3O5S/c1-4-32-23(30)19-15-7-5-6-8-18(15)33-21(19)25-12-16-20(28)26-24(31)27(22(16)29)17-11-13(2)9-10-14(17)3/h9-12,29H,4-8H2,1-3H3,(H,26,28,31). The van der Waals surface area contributed by atoms with E-state index in [4.69, 9.17) is 4.74 Å². The zero-order valence-electron chi connectivity index (χ0n) is 18.7. The summed E-state index contributed by atoms with van der Waals surface area (Å²) in [6.07, 6.45) is 4.88. The maximum atomic E-state index is 12.6. The number of rotatable bonds is 5. The molecular formula is C24H25N3O5S. The van der Waals surface area contributed by atoms with E-state index in [1.807, 2.05) is 19.1 Å². The van der Waals surface area contributed by atoms with Crippen molar-refractivity contribution < 1.29 is 14.6 Å². The van der Waals surface area contributed by atoms with Gasteiger partial charge in [-0.05, 0) is 69.2 Å². The predicted octanol–water partition coefficient (Wildman–Crippen LogP) is 3.72. The van der Waals surface area contributed by atoms with Gasteiger partial charge in [-0.15, -0.1) is 11.3 Å². The molecule has 0 saturated carbocycles. The third kappa shape index (κ3) is 4.28. The highest BCUT2D eigenvalue weighted by Gasteiger charge is 2.26. The van der Waals surface area contributed by atoms with Crippen LogP contribution in [0.3, 0.4) is 0 Å². The number of ether oxygens (including phenoxy) is 1. The normalized spacial score (nSPS) is 13.3. The van der Waals surface area contributed by atoms with Crippen molar-refractivity contribution in [1.82, 2.24) is 9.55 Å². The number of aryl methyl sites for hydroxylation is 3. The van der Waals surface area contributed by atoms with Gasteiger partial charge in [-0.25, -0.2) is 19.1 Å². The Hall–Kier alpha value is -3.46. The number of nitrogens with zero attached hydrogens (tertiary/aromatic N) is 2. The molecule has 0 saturated heterocycles. The Labute approximate surface area is 194 Å². The molecule has 9 heteroatoms. The second kappa shape index (κ2) is 9.19. The minimum absolute atomic E-state index is 0.170. The quantitative estimate of drug-likeness (QED) is 0.439. The molecule has 0 spiro atoms. The van der Waals surface area contributed by atoms with Crippen molar-refractivity contribution in [2.24, 2.45) is 4.99 Å². The first-order valence-electron chi connectivity index (χ1n) is 10.8. The molecule has 0 radical (unpaired) electrons. The molecule has 1 aromatic carbocycles. The van der Waals surface area contributed by atoms with Crippen molar-refractivity contribution >= 4 is 28.5 Å². The van der Waals surface area contributed by atoms with E-state index in [9.17, 15) is 19.5 Å². The number of H-pyrrole nitrogens is 1. The second-order valence-corrected chi connectivity index (χ2v) is 9.08. The van der Waals surface area contributed by atoms with Gasteiger partial charge in [-0.2, -0.15) is 0 Å². The number of carbonyl (C=O) groups is 1. The van der Waals surface area contributed by atoms with Crippen LogP contribution < -0.4 is 11.2 Å². The van der Waals surface area contributed by atoms with Gasteiger partial charge in [0.25, 0.3) is 5.56 Å². The predicted molar refractivity (Wildman–Crippen MR) is 128 cm³/mol. The molecule has 0 aliphatic heterocycles. The zero-order chi connectivity index (χ0) is 23.7. The molecule has 1 aliphatic rings. The largest absolute Gasteiger partial charge is 0.493 e. The van der Waals surface area contributed by atoms with Crippen LogP contribution in [-0.4, -0.2) is 33.4 Å². The lowest BCUT2D eigenvalue weighted by molar-refractivity contribution is 0.0526. The summed E-state index contributed by atoms with van der Waals surface area (Å²) in [6.45, 7) is 5.66. The highest BCUT2D eigenvalue weighted by atomic mass is 32.1. The maximum Gasteiger partial charge on any atom is 0.341 e. The van der Waals surface area contributed by atoms with Gasteiger partial charge >= 0.3 is 11.7 Å². The topological polar surface area (TPSA) is 114 Å². The number of nitrogens with one attached hydrogen (secondary N) is 1. The number of hydrogen-bond donors (Lipinski definition) is 2. The van der Waals surface area contributed by atoms with E-state index in [2.05, 4.69) is 9.98 Å². The summed E-state index contributed by atoms with van der Waals surface area (Å²) < 4.78 is 6.29. The number of thiophene rings is 1. The van der Waals surface area contributed by atoms with E-state index in [-0.39, 0.29) is 12.2 Å². The van der Waals surface area contributed by atoms with Crippen LogP contribution in [0.5, 0.6) is 5.88 Å². The van der Waals surface area contributed by atoms with Crippen LogP contribution in [0.1, 0.15) is 57.3 Å². The highest BCUT2D eigenvalue weighted by Crippen LogP contribution is 2.40. The fraction of sp³-hybridized carbons (Fsp3) is 0.333. The van der Waals surface area contributed by atoms with Gasteiger partial charge in [-0.3, -0.25) is 9.78 Å². The van der Waals surface area contributed by atoms with Crippen LogP contribution in [0.2, 0.25) is 0 Å². The number of esters is 1. The number of aromatic amines is 1. The first-order chi connectivity index (χ1) is 15.8. The Morgan fingerprint density at radius 1 is 1.27 bits per heavy atom. The Morgan fingerprint density at radius 3 is 2.79 bits per heavy atom. The monoisotopic (exact) mass is 467 g/mol. The molecule has 0 atom stereocenters. The van der Waals surface area contributed by atoms with E-state index >= 15 is 0 Å². The van der Waals surface area contributed by atoms with Gasteiger partial charge in [0.1, 0.15) is 10.6 Å².